The Morgan fingerprint density at radius 2 is 1.60 bits per heavy atom. The second-order valence-electron chi connectivity index (χ2n) is 7.68. The van der Waals surface area contributed by atoms with Gasteiger partial charge in [-0.05, 0) is 49.8 Å². The van der Waals surface area contributed by atoms with Crippen LogP contribution < -0.4 is 16.4 Å². The molecule has 0 unspecified atom stereocenters. The molecular weight excluding hydrogens is 382 g/mol. The second-order valence-corrected chi connectivity index (χ2v) is 7.68. The van der Waals surface area contributed by atoms with E-state index in [9.17, 15) is 14.4 Å². The lowest BCUT2D eigenvalue weighted by Gasteiger charge is -2.11. The highest BCUT2D eigenvalue weighted by atomic mass is 16.4. The highest BCUT2D eigenvalue weighted by molar-refractivity contribution is 5.94. The van der Waals surface area contributed by atoms with E-state index in [0.29, 0.717) is 31.4 Å². The van der Waals surface area contributed by atoms with E-state index in [4.69, 9.17) is 10.8 Å². The van der Waals surface area contributed by atoms with E-state index >= 15 is 0 Å². The lowest BCUT2D eigenvalue weighted by Crippen LogP contribution is -2.42. The summed E-state index contributed by atoms with van der Waals surface area (Å²) in [6.07, 6.45) is 10.5. The van der Waals surface area contributed by atoms with E-state index in [2.05, 4.69) is 17.6 Å². The number of benzene rings is 1. The molecule has 2 amide bonds. The molecule has 1 atom stereocenters. The zero-order chi connectivity index (χ0) is 22.2. The second kappa shape index (κ2) is 15.4. The standard InChI is InChI=1S/C23H37N3O4/c1-2-3-4-5-6-7-10-18-12-14-19(15-13-18)22(29)25-16-9-8-11-20(24)23(30)26-17-21(27)28/h12-15,20H,2-11,16-17,24H2,1H3,(H,25,29)(H,26,30)(H,27,28)/t20-/m1/s1. The Hall–Kier alpha value is -2.41. The first-order valence-corrected chi connectivity index (χ1v) is 11.1. The van der Waals surface area contributed by atoms with E-state index in [-0.39, 0.29) is 5.91 Å². The molecule has 0 saturated carbocycles. The Morgan fingerprint density at radius 3 is 2.27 bits per heavy atom. The highest BCUT2D eigenvalue weighted by Crippen LogP contribution is 2.11. The third kappa shape index (κ3) is 11.6. The molecule has 30 heavy (non-hydrogen) atoms. The summed E-state index contributed by atoms with van der Waals surface area (Å²) in [5.74, 6) is -1.68. The van der Waals surface area contributed by atoms with Crippen molar-refractivity contribution in [2.75, 3.05) is 13.1 Å². The molecule has 0 aromatic heterocycles. The molecule has 1 aromatic rings. The Kier molecular flexibility index (Phi) is 13.2. The molecule has 0 fully saturated rings. The van der Waals surface area contributed by atoms with Crippen LogP contribution in [0, 0.1) is 0 Å². The van der Waals surface area contributed by atoms with Crippen LogP contribution in [0.1, 0.15) is 80.6 Å². The molecule has 0 aliphatic rings. The number of amides is 2. The van der Waals surface area contributed by atoms with Gasteiger partial charge < -0.3 is 21.5 Å². The number of aryl methyl sites for hydroxylation is 1. The van der Waals surface area contributed by atoms with Gasteiger partial charge in [0.25, 0.3) is 5.91 Å². The zero-order valence-corrected chi connectivity index (χ0v) is 18.1. The van der Waals surface area contributed by atoms with Crippen LogP contribution in [0.25, 0.3) is 0 Å². The lowest BCUT2D eigenvalue weighted by atomic mass is 10.0. The number of carboxylic acids is 1. The van der Waals surface area contributed by atoms with Gasteiger partial charge in [0.15, 0.2) is 0 Å². The number of nitrogens with two attached hydrogens (primary N) is 1. The lowest BCUT2D eigenvalue weighted by molar-refractivity contribution is -0.138. The summed E-state index contributed by atoms with van der Waals surface area (Å²) in [5, 5.41) is 13.7. The van der Waals surface area contributed by atoms with Crippen molar-refractivity contribution in [2.24, 2.45) is 5.73 Å². The summed E-state index contributed by atoms with van der Waals surface area (Å²) in [7, 11) is 0. The summed E-state index contributed by atoms with van der Waals surface area (Å²) in [6, 6.07) is 7.04. The summed E-state index contributed by atoms with van der Waals surface area (Å²) in [4.78, 5) is 34.2. The van der Waals surface area contributed by atoms with Crippen LogP contribution in [-0.4, -0.2) is 42.0 Å². The van der Waals surface area contributed by atoms with Crippen LogP contribution >= 0.6 is 0 Å². The molecular formula is C23H37N3O4. The summed E-state index contributed by atoms with van der Waals surface area (Å²) in [6.45, 7) is 2.29. The third-order valence-corrected chi connectivity index (χ3v) is 5.01. The SMILES string of the molecule is CCCCCCCCc1ccc(C(=O)NCCCC[C@@H](N)C(=O)NCC(=O)O)cc1. The summed E-state index contributed by atoms with van der Waals surface area (Å²) in [5.41, 5.74) is 7.63. The van der Waals surface area contributed by atoms with Crippen molar-refractivity contribution in [3.63, 3.8) is 0 Å². The quantitative estimate of drug-likeness (QED) is 0.307. The topological polar surface area (TPSA) is 122 Å². The van der Waals surface area contributed by atoms with Crippen molar-refractivity contribution < 1.29 is 19.5 Å². The average molecular weight is 420 g/mol. The van der Waals surface area contributed by atoms with Gasteiger partial charge in [0.05, 0.1) is 6.04 Å². The van der Waals surface area contributed by atoms with Gasteiger partial charge in [-0.1, -0.05) is 51.2 Å². The van der Waals surface area contributed by atoms with Gasteiger partial charge >= 0.3 is 5.97 Å². The number of rotatable bonds is 16. The Morgan fingerprint density at radius 1 is 0.933 bits per heavy atom. The largest absolute Gasteiger partial charge is 0.480 e. The monoisotopic (exact) mass is 419 g/mol. The van der Waals surface area contributed by atoms with Gasteiger partial charge in [0.2, 0.25) is 5.91 Å². The van der Waals surface area contributed by atoms with E-state index in [1.54, 1.807) is 0 Å². The molecule has 0 radical (unpaired) electrons. The van der Waals surface area contributed by atoms with Crippen LogP contribution in [-0.2, 0) is 16.0 Å². The first-order valence-electron chi connectivity index (χ1n) is 11.1. The molecule has 168 valence electrons. The number of nitrogens with one attached hydrogen (secondary N) is 2. The van der Waals surface area contributed by atoms with Gasteiger partial charge in [-0.2, -0.15) is 0 Å². The van der Waals surface area contributed by atoms with Crippen molar-refractivity contribution in [2.45, 2.75) is 77.2 Å². The van der Waals surface area contributed by atoms with Crippen LogP contribution in [0.5, 0.6) is 0 Å². The fraction of sp³-hybridized carbons (Fsp3) is 0.609. The maximum absolute atomic E-state index is 12.2. The first kappa shape index (κ1) is 25.6. The van der Waals surface area contributed by atoms with Crippen molar-refractivity contribution in [3.8, 4) is 0 Å². The van der Waals surface area contributed by atoms with Crippen LogP contribution in [0.3, 0.4) is 0 Å². The molecule has 0 aliphatic carbocycles. The number of hydrogen-bond donors (Lipinski definition) is 4. The molecule has 0 spiro atoms. The van der Waals surface area contributed by atoms with Crippen LogP contribution in [0.15, 0.2) is 24.3 Å². The summed E-state index contributed by atoms with van der Waals surface area (Å²) < 4.78 is 0. The van der Waals surface area contributed by atoms with Gasteiger partial charge in [-0.25, -0.2) is 0 Å². The molecule has 0 saturated heterocycles. The minimum atomic E-state index is -1.10. The zero-order valence-electron chi connectivity index (χ0n) is 18.1. The molecule has 0 heterocycles. The van der Waals surface area contributed by atoms with Gasteiger partial charge in [-0.3, -0.25) is 14.4 Å². The van der Waals surface area contributed by atoms with E-state index in [0.717, 1.165) is 6.42 Å². The number of carboxylic acid groups (broad SMARTS) is 1. The molecule has 5 N–H and O–H groups in total. The number of aliphatic carboxylic acids is 1. The maximum atomic E-state index is 12.2. The molecule has 0 bridgehead atoms. The number of unbranched alkanes of at least 4 members (excludes halogenated alkanes) is 6. The average Bonchev–Trinajstić information content (AvgIpc) is 2.74. The first-order chi connectivity index (χ1) is 14.4. The minimum absolute atomic E-state index is 0.107. The Bertz CT molecular complexity index is 646. The van der Waals surface area contributed by atoms with Gasteiger partial charge in [0, 0.05) is 12.1 Å². The minimum Gasteiger partial charge on any atom is -0.480 e. The summed E-state index contributed by atoms with van der Waals surface area (Å²) >= 11 is 0. The van der Waals surface area contributed by atoms with Crippen LogP contribution in [0.2, 0.25) is 0 Å². The normalized spacial score (nSPS) is 11.7. The fourth-order valence-electron chi connectivity index (χ4n) is 3.15. The van der Waals surface area contributed by atoms with Crippen molar-refractivity contribution >= 4 is 17.8 Å². The molecule has 0 aliphatic heterocycles. The van der Waals surface area contributed by atoms with Crippen LogP contribution in [0.4, 0.5) is 0 Å². The smallest absolute Gasteiger partial charge is 0.322 e. The van der Waals surface area contributed by atoms with E-state index in [1.807, 2.05) is 24.3 Å². The molecule has 1 rings (SSSR count). The predicted octanol–water partition coefficient (Wildman–Crippen LogP) is 3.02. The van der Waals surface area contributed by atoms with Crippen molar-refractivity contribution in [3.05, 3.63) is 35.4 Å². The van der Waals surface area contributed by atoms with Gasteiger partial charge in [-0.15, -0.1) is 0 Å². The number of carbonyl (C=O) groups excluding carboxylic acids is 2. The van der Waals surface area contributed by atoms with Crippen molar-refractivity contribution in [1.82, 2.24) is 10.6 Å². The molecule has 7 heteroatoms. The Labute approximate surface area is 179 Å². The van der Waals surface area contributed by atoms with E-state index < -0.39 is 24.5 Å². The molecule has 1 aromatic carbocycles. The Balaban J connectivity index is 2.18. The van der Waals surface area contributed by atoms with Crippen molar-refractivity contribution in [1.29, 1.82) is 0 Å². The number of hydrogen-bond acceptors (Lipinski definition) is 4. The third-order valence-electron chi connectivity index (χ3n) is 5.01. The molecule has 7 nitrogen and oxygen atoms in total. The maximum Gasteiger partial charge on any atom is 0.322 e. The highest BCUT2D eigenvalue weighted by Gasteiger charge is 2.13. The predicted molar refractivity (Wildman–Crippen MR) is 118 cm³/mol. The number of carbonyl (C=O) groups is 3. The fourth-order valence-corrected chi connectivity index (χ4v) is 3.15. The van der Waals surface area contributed by atoms with Gasteiger partial charge in [0.1, 0.15) is 6.54 Å². The van der Waals surface area contributed by atoms with E-state index in [1.165, 1.54) is 44.1 Å².